The van der Waals surface area contributed by atoms with Crippen molar-refractivity contribution in [3.05, 3.63) is 35.4 Å². The molecule has 4 aliphatic rings. The van der Waals surface area contributed by atoms with Gasteiger partial charge in [-0.15, -0.1) is 0 Å². The summed E-state index contributed by atoms with van der Waals surface area (Å²) < 4.78 is 0. The maximum Gasteiger partial charge on any atom is 0.224 e. The number of benzene rings is 1. The molecule has 1 aliphatic heterocycles. The smallest absolute Gasteiger partial charge is 0.224 e. The number of carbonyl (C=O) groups is 2. The average Bonchev–Trinajstić information content (AvgIpc) is 3.17. The first kappa shape index (κ1) is 24.8. The molecule has 1 N–H and O–H groups in total. The molecule has 192 valence electrons. The maximum atomic E-state index is 12.8. The van der Waals surface area contributed by atoms with Crippen molar-refractivity contribution in [3.8, 4) is 0 Å². The summed E-state index contributed by atoms with van der Waals surface area (Å²) >= 11 is 0. The first-order chi connectivity index (χ1) is 16.6. The molecule has 2 amide bonds. The number of nitrogens with zero attached hydrogens (tertiary/aromatic N) is 1. The lowest BCUT2D eigenvalue weighted by Gasteiger charge is -2.61. The van der Waals surface area contributed by atoms with E-state index in [1.807, 2.05) is 7.05 Å². The van der Waals surface area contributed by atoms with Crippen molar-refractivity contribution < 1.29 is 9.59 Å². The minimum atomic E-state index is 0.158. The van der Waals surface area contributed by atoms with E-state index in [0.29, 0.717) is 35.6 Å². The van der Waals surface area contributed by atoms with Gasteiger partial charge < -0.3 is 10.2 Å². The van der Waals surface area contributed by atoms with Crippen LogP contribution in [0.15, 0.2) is 24.3 Å². The fourth-order valence-electron chi connectivity index (χ4n) is 9.10. The molecule has 1 aromatic carbocycles. The molecule has 0 bridgehead atoms. The normalized spacial score (nSPS) is 38.6. The van der Waals surface area contributed by atoms with Gasteiger partial charge in [-0.05, 0) is 96.5 Å². The first-order valence-electron chi connectivity index (χ1n) is 14.2. The Balaban J connectivity index is 1.21. The zero-order valence-electron chi connectivity index (χ0n) is 22.6. The zero-order valence-corrected chi connectivity index (χ0v) is 22.6. The zero-order chi connectivity index (χ0) is 25.0. The molecule has 3 aliphatic carbocycles. The van der Waals surface area contributed by atoms with Crippen molar-refractivity contribution >= 4 is 11.8 Å². The van der Waals surface area contributed by atoms with E-state index in [0.717, 1.165) is 42.7 Å². The van der Waals surface area contributed by atoms with Gasteiger partial charge in [-0.1, -0.05) is 52.0 Å². The van der Waals surface area contributed by atoms with Crippen LogP contribution in [-0.4, -0.2) is 36.3 Å². The number of rotatable bonds is 5. The lowest BCUT2D eigenvalue weighted by atomic mass is 9.47. The van der Waals surface area contributed by atoms with Crippen LogP contribution >= 0.6 is 0 Å². The van der Waals surface area contributed by atoms with Crippen LogP contribution in [-0.2, 0) is 16.0 Å². The van der Waals surface area contributed by atoms with Gasteiger partial charge in [0.25, 0.3) is 0 Å². The molecule has 4 nitrogen and oxygen atoms in total. The summed E-state index contributed by atoms with van der Waals surface area (Å²) in [6.45, 7) is 10.3. The predicted octanol–water partition coefficient (Wildman–Crippen LogP) is 5.95. The Bertz CT molecular complexity index is 955. The van der Waals surface area contributed by atoms with E-state index in [1.165, 1.54) is 44.1 Å². The number of carbonyl (C=O) groups excluding carboxylic acids is 2. The van der Waals surface area contributed by atoms with Crippen molar-refractivity contribution in [2.75, 3.05) is 13.6 Å². The Morgan fingerprint density at radius 2 is 1.71 bits per heavy atom. The van der Waals surface area contributed by atoms with Crippen molar-refractivity contribution in [3.63, 3.8) is 0 Å². The average molecular weight is 479 g/mol. The minimum absolute atomic E-state index is 0.158. The van der Waals surface area contributed by atoms with Gasteiger partial charge in [0.05, 0.1) is 6.42 Å². The fourth-order valence-corrected chi connectivity index (χ4v) is 9.10. The molecule has 4 heteroatoms. The molecule has 0 radical (unpaired) electrons. The van der Waals surface area contributed by atoms with Crippen molar-refractivity contribution in [1.29, 1.82) is 0 Å². The standard InChI is InChI=1S/C31H46N2O2/c1-20(2)22-8-6-21(7-9-22)18-28(34)32-19-23-10-12-25-24-11-13-27-31(4,17-15-29(35)33(27)5)26(24)14-16-30(23,25)3/h6-9,20,23-27H,10-19H2,1-5H3,(H,32,34)/t23?,24-,25-,26+,27?,30+,31+/m0/s1. The molecule has 4 fully saturated rings. The van der Waals surface area contributed by atoms with E-state index < -0.39 is 0 Å². The molecule has 0 aromatic heterocycles. The quantitative estimate of drug-likeness (QED) is 0.569. The molecule has 35 heavy (non-hydrogen) atoms. The number of likely N-dealkylation sites (tertiary alicyclic amines) is 1. The SMILES string of the molecule is CC(C)c1ccc(CC(=O)NCC2CC[C@H]3[C@@H]4CCC5N(C)C(=O)CC[C@]5(C)[C@@H]4CC[C@]23C)cc1. The Morgan fingerprint density at radius 1 is 1.00 bits per heavy atom. The van der Waals surface area contributed by atoms with Gasteiger partial charge in [-0.2, -0.15) is 0 Å². The minimum Gasteiger partial charge on any atom is -0.356 e. The summed E-state index contributed by atoms with van der Waals surface area (Å²) in [5.74, 6) is 3.91. The van der Waals surface area contributed by atoms with Gasteiger partial charge in [-0.25, -0.2) is 0 Å². The van der Waals surface area contributed by atoms with E-state index in [-0.39, 0.29) is 11.3 Å². The van der Waals surface area contributed by atoms with E-state index >= 15 is 0 Å². The first-order valence-corrected chi connectivity index (χ1v) is 14.2. The summed E-state index contributed by atoms with van der Waals surface area (Å²) in [4.78, 5) is 27.3. The van der Waals surface area contributed by atoms with Crippen LogP contribution in [0.3, 0.4) is 0 Å². The molecular formula is C31H46N2O2. The second-order valence-corrected chi connectivity index (χ2v) is 13.2. The lowest BCUT2D eigenvalue weighted by Crippen LogP contribution is -2.61. The van der Waals surface area contributed by atoms with E-state index in [4.69, 9.17) is 0 Å². The highest BCUT2D eigenvalue weighted by atomic mass is 16.2. The van der Waals surface area contributed by atoms with Gasteiger partial charge in [0.2, 0.25) is 11.8 Å². The number of fused-ring (bicyclic) bond motifs is 5. The summed E-state index contributed by atoms with van der Waals surface area (Å²) in [6.07, 6.45) is 9.83. The second kappa shape index (κ2) is 9.23. The number of piperidine rings is 1. The number of hydrogen-bond acceptors (Lipinski definition) is 2. The third-order valence-electron chi connectivity index (χ3n) is 11.3. The van der Waals surface area contributed by atoms with Crippen LogP contribution < -0.4 is 5.32 Å². The molecule has 1 heterocycles. The molecule has 2 unspecified atom stereocenters. The highest BCUT2D eigenvalue weighted by Crippen LogP contribution is 2.66. The number of nitrogens with one attached hydrogen (secondary N) is 1. The van der Waals surface area contributed by atoms with Crippen LogP contribution in [0.5, 0.6) is 0 Å². The molecule has 5 rings (SSSR count). The Kier molecular flexibility index (Phi) is 6.55. The monoisotopic (exact) mass is 478 g/mol. The summed E-state index contributed by atoms with van der Waals surface area (Å²) in [5.41, 5.74) is 3.05. The van der Waals surface area contributed by atoms with Crippen LogP contribution in [0.25, 0.3) is 0 Å². The highest BCUT2D eigenvalue weighted by Gasteiger charge is 2.60. The van der Waals surface area contributed by atoms with E-state index in [9.17, 15) is 9.59 Å². The Morgan fingerprint density at radius 3 is 2.43 bits per heavy atom. The summed E-state index contributed by atoms with van der Waals surface area (Å²) in [7, 11) is 2.05. The fraction of sp³-hybridized carbons (Fsp3) is 0.742. The number of hydrogen-bond donors (Lipinski definition) is 1. The molecule has 3 saturated carbocycles. The van der Waals surface area contributed by atoms with E-state index in [1.54, 1.807) is 0 Å². The van der Waals surface area contributed by atoms with E-state index in [2.05, 4.69) is 62.2 Å². The van der Waals surface area contributed by atoms with Crippen molar-refractivity contribution in [2.45, 2.75) is 97.4 Å². The van der Waals surface area contributed by atoms with Crippen LogP contribution in [0.1, 0.15) is 96.1 Å². The molecular weight excluding hydrogens is 432 g/mol. The lowest BCUT2D eigenvalue weighted by molar-refractivity contribution is -0.158. The summed E-state index contributed by atoms with van der Waals surface area (Å²) in [5, 5.41) is 3.32. The molecule has 1 saturated heterocycles. The second-order valence-electron chi connectivity index (χ2n) is 13.2. The largest absolute Gasteiger partial charge is 0.356 e. The Hall–Kier alpha value is -1.84. The van der Waals surface area contributed by atoms with Crippen LogP contribution in [0, 0.1) is 34.5 Å². The summed E-state index contributed by atoms with van der Waals surface area (Å²) in [6, 6.07) is 8.96. The topological polar surface area (TPSA) is 49.4 Å². The number of amides is 2. The highest BCUT2D eigenvalue weighted by molar-refractivity contribution is 5.78. The van der Waals surface area contributed by atoms with Gasteiger partial charge in [-0.3, -0.25) is 9.59 Å². The molecule has 7 atom stereocenters. The third-order valence-corrected chi connectivity index (χ3v) is 11.3. The van der Waals surface area contributed by atoms with Crippen LogP contribution in [0.4, 0.5) is 0 Å². The van der Waals surface area contributed by atoms with Crippen molar-refractivity contribution in [2.24, 2.45) is 34.5 Å². The van der Waals surface area contributed by atoms with Gasteiger partial charge >= 0.3 is 0 Å². The predicted molar refractivity (Wildman–Crippen MR) is 141 cm³/mol. The van der Waals surface area contributed by atoms with Crippen LogP contribution in [0.2, 0.25) is 0 Å². The molecule has 0 spiro atoms. The Labute approximate surface area is 212 Å². The van der Waals surface area contributed by atoms with Gasteiger partial charge in [0, 0.05) is 26.1 Å². The van der Waals surface area contributed by atoms with Crippen molar-refractivity contribution in [1.82, 2.24) is 10.2 Å². The third kappa shape index (κ3) is 4.23. The van der Waals surface area contributed by atoms with Gasteiger partial charge in [0.15, 0.2) is 0 Å². The van der Waals surface area contributed by atoms with Gasteiger partial charge in [0.1, 0.15) is 0 Å². The maximum absolute atomic E-state index is 12.8. The molecule has 1 aromatic rings.